The van der Waals surface area contributed by atoms with Gasteiger partial charge in [-0.15, -0.1) is 0 Å². The summed E-state index contributed by atoms with van der Waals surface area (Å²) in [5, 5.41) is 3.77. The molecule has 116 valence electrons. The highest BCUT2D eigenvalue weighted by Gasteiger charge is 2.47. The molecule has 2 atom stereocenters. The van der Waals surface area contributed by atoms with Crippen LogP contribution >= 0.6 is 0 Å². The minimum absolute atomic E-state index is 0.00329. The van der Waals surface area contributed by atoms with E-state index in [9.17, 15) is 4.79 Å². The number of ether oxygens (including phenoxy) is 1. The zero-order valence-electron chi connectivity index (χ0n) is 13.2. The van der Waals surface area contributed by atoms with E-state index >= 15 is 0 Å². The fourth-order valence-electron chi connectivity index (χ4n) is 3.97. The summed E-state index contributed by atoms with van der Waals surface area (Å²) in [6.07, 6.45) is 12.2. The topological polar surface area (TPSA) is 38.3 Å². The van der Waals surface area contributed by atoms with Gasteiger partial charge in [-0.25, -0.2) is 0 Å². The summed E-state index contributed by atoms with van der Waals surface area (Å²) in [5.74, 6) is 0.384. The molecule has 0 amide bonds. The molecule has 3 nitrogen and oxygen atoms in total. The maximum absolute atomic E-state index is 12.6. The van der Waals surface area contributed by atoms with E-state index in [1.807, 2.05) is 6.92 Å². The van der Waals surface area contributed by atoms with Crippen LogP contribution in [-0.2, 0) is 9.53 Å². The molecule has 0 aromatic heterocycles. The van der Waals surface area contributed by atoms with E-state index < -0.39 is 5.54 Å². The number of hydrogen-bond donors (Lipinski definition) is 1. The van der Waals surface area contributed by atoms with E-state index in [1.165, 1.54) is 44.9 Å². The predicted octanol–water partition coefficient (Wildman–Crippen LogP) is 3.81. The van der Waals surface area contributed by atoms with Gasteiger partial charge < -0.3 is 4.74 Å². The zero-order valence-corrected chi connectivity index (χ0v) is 13.2. The molecule has 0 spiro atoms. The average molecular weight is 281 g/mol. The van der Waals surface area contributed by atoms with Crippen LogP contribution in [-0.4, -0.2) is 24.2 Å². The molecule has 2 rings (SSSR count). The van der Waals surface area contributed by atoms with E-state index in [0.717, 1.165) is 19.3 Å². The molecule has 2 fully saturated rings. The van der Waals surface area contributed by atoms with Crippen molar-refractivity contribution in [3.05, 3.63) is 0 Å². The third-order valence-corrected chi connectivity index (χ3v) is 5.26. The molecule has 2 aliphatic rings. The lowest BCUT2D eigenvalue weighted by Crippen LogP contribution is -2.61. The van der Waals surface area contributed by atoms with Crippen LogP contribution in [0, 0.1) is 5.92 Å². The van der Waals surface area contributed by atoms with Crippen LogP contribution in [0.15, 0.2) is 0 Å². The van der Waals surface area contributed by atoms with Gasteiger partial charge in [0, 0.05) is 6.04 Å². The van der Waals surface area contributed by atoms with Crippen LogP contribution in [0.4, 0.5) is 0 Å². The maximum Gasteiger partial charge on any atom is 0.326 e. The first-order valence-corrected chi connectivity index (χ1v) is 8.64. The lowest BCUT2D eigenvalue weighted by Gasteiger charge is -2.43. The van der Waals surface area contributed by atoms with Gasteiger partial charge in [-0.3, -0.25) is 10.1 Å². The van der Waals surface area contributed by atoms with E-state index in [2.05, 4.69) is 12.2 Å². The molecule has 0 heterocycles. The molecule has 1 N–H and O–H groups in total. The SMILES string of the molecule is CCOC(=O)C1(NC2CCCCCC2)CCCCC1C. The first kappa shape index (κ1) is 15.8. The smallest absolute Gasteiger partial charge is 0.326 e. The van der Waals surface area contributed by atoms with Gasteiger partial charge in [0.2, 0.25) is 0 Å². The second kappa shape index (κ2) is 7.44. The summed E-state index contributed by atoms with van der Waals surface area (Å²) >= 11 is 0. The van der Waals surface area contributed by atoms with Crippen molar-refractivity contribution in [1.82, 2.24) is 5.32 Å². The zero-order chi connectivity index (χ0) is 14.4. The largest absolute Gasteiger partial charge is 0.465 e. The van der Waals surface area contributed by atoms with Crippen LogP contribution < -0.4 is 5.32 Å². The Kier molecular flexibility index (Phi) is 5.88. The van der Waals surface area contributed by atoms with Crippen molar-refractivity contribution in [3.63, 3.8) is 0 Å². The Labute approximate surface area is 123 Å². The van der Waals surface area contributed by atoms with Crippen molar-refractivity contribution < 1.29 is 9.53 Å². The first-order chi connectivity index (χ1) is 9.69. The fourth-order valence-corrected chi connectivity index (χ4v) is 3.97. The highest BCUT2D eigenvalue weighted by Crippen LogP contribution is 2.36. The van der Waals surface area contributed by atoms with Crippen molar-refractivity contribution in [2.75, 3.05) is 6.61 Å². The van der Waals surface area contributed by atoms with Gasteiger partial charge in [0.05, 0.1) is 6.61 Å². The summed E-state index contributed by atoms with van der Waals surface area (Å²) in [6, 6.07) is 0.502. The predicted molar refractivity (Wildman–Crippen MR) is 81.6 cm³/mol. The van der Waals surface area contributed by atoms with Crippen molar-refractivity contribution in [2.24, 2.45) is 5.92 Å². The second-order valence-electron chi connectivity index (χ2n) is 6.67. The molecule has 0 aromatic carbocycles. The Morgan fingerprint density at radius 3 is 2.35 bits per heavy atom. The van der Waals surface area contributed by atoms with Gasteiger partial charge in [0.25, 0.3) is 0 Å². The fraction of sp³-hybridized carbons (Fsp3) is 0.941. The third kappa shape index (κ3) is 3.55. The van der Waals surface area contributed by atoms with Gasteiger partial charge in [-0.1, -0.05) is 45.4 Å². The molecule has 3 heteroatoms. The Morgan fingerprint density at radius 1 is 1.10 bits per heavy atom. The van der Waals surface area contributed by atoms with Gasteiger partial charge >= 0.3 is 5.97 Å². The van der Waals surface area contributed by atoms with Crippen LogP contribution in [0.25, 0.3) is 0 Å². The Morgan fingerprint density at radius 2 is 1.75 bits per heavy atom. The molecule has 2 aliphatic carbocycles. The summed E-state index contributed by atoms with van der Waals surface area (Å²) in [5.41, 5.74) is -0.413. The van der Waals surface area contributed by atoms with Crippen LogP contribution in [0.1, 0.15) is 78.1 Å². The number of carbonyl (C=O) groups excluding carboxylic acids is 1. The molecule has 0 bridgehead atoms. The van der Waals surface area contributed by atoms with Crippen LogP contribution in [0.5, 0.6) is 0 Å². The summed E-state index contributed by atoms with van der Waals surface area (Å²) in [7, 11) is 0. The quantitative estimate of drug-likeness (QED) is 0.629. The highest BCUT2D eigenvalue weighted by molar-refractivity contribution is 5.81. The minimum atomic E-state index is -0.413. The lowest BCUT2D eigenvalue weighted by molar-refractivity contribution is -0.156. The van der Waals surface area contributed by atoms with Gasteiger partial charge in [0.1, 0.15) is 5.54 Å². The molecule has 0 aliphatic heterocycles. The number of nitrogens with one attached hydrogen (secondary N) is 1. The molecule has 2 saturated carbocycles. The Balaban J connectivity index is 2.10. The third-order valence-electron chi connectivity index (χ3n) is 5.26. The van der Waals surface area contributed by atoms with E-state index in [-0.39, 0.29) is 5.97 Å². The summed E-state index contributed by atoms with van der Waals surface area (Å²) < 4.78 is 5.43. The summed E-state index contributed by atoms with van der Waals surface area (Å²) in [4.78, 5) is 12.6. The number of carbonyl (C=O) groups is 1. The maximum atomic E-state index is 12.6. The second-order valence-corrected chi connectivity index (χ2v) is 6.67. The molecule has 0 radical (unpaired) electrons. The summed E-state index contributed by atoms with van der Waals surface area (Å²) in [6.45, 7) is 4.62. The molecule has 0 saturated heterocycles. The minimum Gasteiger partial charge on any atom is -0.465 e. The van der Waals surface area contributed by atoms with Gasteiger partial charge in [0.15, 0.2) is 0 Å². The van der Waals surface area contributed by atoms with Gasteiger partial charge in [-0.2, -0.15) is 0 Å². The first-order valence-electron chi connectivity index (χ1n) is 8.64. The van der Waals surface area contributed by atoms with E-state index in [1.54, 1.807) is 0 Å². The number of hydrogen-bond acceptors (Lipinski definition) is 3. The van der Waals surface area contributed by atoms with Gasteiger partial charge in [-0.05, 0) is 38.5 Å². The van der Waals surface area contributed by atoms with Crippen molar-refractivity contribution >= 4 is 5.97 Å². The number of rotatable bonds is 4. The van der Waals surface area contributed by atoms with Crippen LogP contribution in [0.3, 0.4) is 0 Å². The van der Waals surface area contributed by atoms with E-state index in [4.69, 9.17) is 4.74 Å². The number of esters is 1. The van der Waals surface area contributed by atoms with Crippen molar-refractivity contribution in [3.8, 4) is 0 Å². The molecular formula is C17H31NO2. The monoisotopic (exact) mass is 281 g/mol. The normalized spacial score (nSPS) is 32.6. The molecule has 0 aromatic rings. The van der Waals surface area contributed by atoms with Crippen LogP contribution in [0.2, 0.25) is 0 Å². The average Bonchev–Trinajstić information content (AvgIpc) is 2.70. The van der Waals surface area contributed by atoms with Crippen molar-refractivity contribution in [1.29, 1.82) is 0 Å². The van der Waals surface area contributed by atoms with E-state index in [0.29, 0.717) is 18.6 Å². The standard InChI is InChI=1S/C17H31NO2/c1-3-20-16(19)17(13-9-8-10-14(17)2)18-15-11-6-4-5-7-12-15/h14-15,18H,3-13H2,1-2H3. The molecule has 20 heavy (non-hydrogen) atoms. The Bertz CT molecular complexity index is 310. The molecule has 2 unspecified atom stereocenters. The van der Waals surface area contributed by atoms with Crippen molar-refractivity contribution in [2.45, 2.75) is 89.6 Å². The lowest BCUT2D eigenvalue weighted by atomic mass is 9.73. The highest BCUT2D eigenvalue weighted by atomic mass is 16.5. The molecular weight excluding hydrogens is 250 g/mol. The Hall–Kier alpha value is -0.570.